The van der Waals surface area contributed by atoms with Crippen molar-refractivity contribution < 1.29 is 23.1 Å². The Morgan fingerprint density at radius 3 is 2.55 bits per heavy atom. The zero-order valence-electron chi connectivity index (χ0n) is 11.2. The fourth-order valence-corrected chi connectivity index (χ4v) is 5.38. The molecule has 0 radical (unpaired) electrons. The molecule has 2 unspecified atom stereocenters. The molecule has 2 rings (SSSR count). The van der Waals surface area contributed by atoms with Crippen molar-refractivity contribution in [3.05, 3.63) is 0 Å². The molecule has 0 spiro atoms. The molecular formula is C11H18N2O5S2. The average molecular weight is 322 g/mol. The normalized spacial score (nSPS) is 27.6. The molecule has 2 atom stereocenters. The molecule has 2 heterocycles. The summed E-state index contributed by atoms with van der Waals surface area (Å²) in [5.74, 6) is -0.0161. The number of likely N-dealkylation sites (tertiary alicyclic amines) is 1. The number of nitrogens with zero attached hydrogens (tertiary/aromatic N) is 2. The number of carboxylic acid groups (broad SMARTS) is 1. The maximum Gasteiger partial charge on any atom is 0.326 e. The molecule has 2 fully saturated rings. The summed E-state index contributed by atoms with van der Waals surface area (Å²) < 4.78 is 23.6. The minimum absolute atomic E-state index is 0.337. The number of carbonyl (C=O) groups is 2. The quantitative estimate of drug-likeness (QED) is 0.773. The molecule has 0 aliphatic carbocycles. The Balaban J connectivity index is 2.20. The first kappa shape index (κ1) is 15.4. The van der Waals surface area contributed by atoms with Gasteiger partial charge in [0.05, 0.1) is 0 Å². The largest absolute Gasteiger partial charge is 0.480 e. The minimum Gasteiger partial charge on any atom is -0.480 e. The van der Waals surface area contributed by atoms with E-state index >= 15 is 0 Å². The molecule has 20 heavy (non-hydrogen) atoms. The number of aliphatic carboxylic acids is 1. The van der Waals surface area contributed by atoms with Gasteiger partial charge in [-0.1, -0.05) is 0 Å². The molecule has 9 heteroatoms. The molecule has 0 aromatic carbocycles. The lowest BCUT2D eigenvalue weighted by atomic mass is 10.2. The van der Waals surface area contributed by atoms with Crippen LogP contribution >= 0.6 is 11.8 Å². The van der Waals surface area contributed by atoms with Crippen LogP contribution in [-0.2, 0) is 14.6 Å². The molecule has 0 aromatic rings. The fourth-order valence-electron chi connectivity index (χ4n) is 2.57. The molecule has 0 aromatic heterocycles. The highest BCUT2D eigenvalue weighted by Gasteiger charge is 2.41. The van der Waals surface area contributed by atoms with Crippen LogP contribution in [0.25, 0.3) is 0 Å². The monoisotopic (exact) mass is 322 g/mol. The van der Waals surface area contributed by atoms with Crippen molar-refractivity contribution in [1.29, 1.82) is 0 Å². The van der Waals surface area contributed by atoms with E-state index in [1.165, 1.54) is 21.6 Å². The van der Waals surface area contributed by atoms with Crippen LogP contribution in [0.15, 0.2) is 0 Å². The fraction of sp³-hybridized carbons (Fsp3) is 0.818. The van der Waals surface area contributed by atoms with Crippen molar-refractivity contribution in [3.63, 3.8) is 0 Å². The van der Waals surface area contributed by atoms with Gasteiger partial charge in [-0.2, -0.15) is 11.8 Å². The van der Waals surface area contributed by atoms with E-state index in [0.29, 0.717) is 37.4 Å². The van der Waals surface area contributed by atoms with E-state index in [-0.39, 0.29) is 0 Å². The maximum atomic E-state index is 12.5. The summed E-state index contributed by atoms with van der Waals surface area (Å²) in [4.78, 5) is 26.2. The summed E-state index contributed by atoms with van der Waals surface area (Å²) in [5, 5.41) is 8.26. The first-order chi connectivity index (χ1) is 9.32. The predicted molar refractivity (Wildman–Crippen MR) is 75.4 cm³/mol. The summed E-state index contributed by atoms with van der Waals surface area (Å²) >= 11 is 1.49. The van der Waals surface area contributed by atoms with Crippen LogP contribution in [0, 0.1) is 0 Å². The molecule has 2 amide bonds. The lowest BCUT2D eigenvalue weighted by Gasteiger charge is -2.37. The SMILES string of the molecule is CS(=O)(=O)C1CSCCN1C(=O)N1CCCC1C(=O)O. The molecule has 114 valence electrons. The molecule has 7 nitrogen and oxygen atoms in total. The van der Waals surface area contributed by atoms with Crippen LogP contribution in [0.4, 0.5) is 4.79 Å². The maximum absolute atomic E-state index is 12.5. The van der Waals surface area contributed by atoms with Crippen molar-refractivity contribution in [2.24, 2.45) is 0 Å². The van der Waals surface area contributed by atoms with E-state index in [1.54, 1.807) is 0 Å². The van der Waals surface area contributed by atoms with Gasteiger partial charge in [-0.05, 0) is 12.8 Å². The van der Waals surface area contributed by atoms with E-state index in [1.807, 2.05) is 0 Å². The third kappa shape index (κ3) is 3.03. The second-order valence-corrected chi connectivity index (χ2v) is 8.38. The number of thioether (sulfide) groups is 1. The van der Waals surface area contributed by atoms with E-state index in [4.69, 9.17) is 5.11 Å². The average Bonchev–Trinajstić information content (AvgIpc) is 2.86. The summed E-state index contributed by atoms with van der Waals surface area (Å²) in [6.45, 7) is 0.708. The van der Waals surface area contributed by atoms with Gasteiger partial charge < -0.3 is 14.9 Å². The van der Waals surface area contributed by atoms with E-state index in [9.17, 15) is 18.0 Å². The lowest BCUT2D eigenvalue weighted by molar-refractivity contribution is -0.141. The van der Waals surface area contributed by atoms with Crippen LogP contribution in [0.1, 0.15) is 12.8 Å². The topological polar surface area (TPSA) is 95.0 Å². The van der Waals surface area contributed by atoms with Crippen molar-refractivity contribution >= 4 is 33.6 Å². The van der Waals surface area contributed by atoms with Gasteiger partial charge in [0.2, 0.25) is 0 Å². The Labute approximate surface area is 122 Å². The second kappa shape index (κ2) is 5.80. The number of carboxylic acids is 1. The van der Waals surface area contributed by atoms with Gasteiger partial charge >= 0.3 is 12.0 Å². The van der Waals surface area contributed by atoms with E-state index < -0.39 is 33.3 Å². The van der Waals surface area contributed by atoms with Crippen LogP contribution in [0.3, 0.4) is 0 Å². The first-order valence-electron chi connectivity index (χ1n) is 6.39. The molecule has 2 aliphatic rings. The van der Waals surface area contributed by atoms with Gasteiger partial charge in [0.15, 0.2) is 9.84 Å². The van der Waals surface area contributed by atoms with Gasteiger partial charge in [-0.3, -0.25) is 0 Å². The summed E-state index contributed by atoms with van der Waals surface area (Å²) in [6, 6.07) is -1.30. The van der Waals surface area contributed by atoms with Crippen molar-refractivity contribution in [2.75, 3.05) is 30.9 Å². The van der Waals surface area contributed by atoms with Gasteiger partial charge in [0.1, 0.15) is 11.4 Å². The summed E-state index contributed by atoms with van der Waals surface area (Å²) in [6.07, 6.45) is 2.17. The highest BCUT2D eigenvalue weighted by molar-refractivity contribution is 8.00. The highest BCUT2D eigenvalue weighted by atomic mass is 32.2. The number of sulfone groups is 1. The molecule has 1 N–H and O–H groups in total. The number of amides is 2. The summed E-state index contributed by atoms with van der Waals surface area (Å²) in [7, 11) is -3.38. The third-order valence-corrected chi connectivity index (χ3v) is 6.25. The summed E-state index contributed by atoms with van der Waals surface area (Å²) in [5.41, 5.74) is 0. The highest BCUT2D eigenvalue weighted by Crippen LogP contribution is 2.25. The second-order valence-electron chi connectivity index (χ2n) is 5.02. The Hall–Kier alpha value is -0.960. The number of carbonyl (C=O) groups excluding carboxylic acids is 1. The first-order valence-corrected chi connectivity index (χ1v) is 9.50. The Morgan fingerprint density at radius 1 is 1.25 bits per heavy atom. The Bertz CT molecular complexity index is 507. The zero-order valence-corrected chi connectivity index (χ0v) is 12.8. The molecule has 2 saturated heterocycles. The number of urea groups is 1. The third-order valence-electron chi connectivity index (χ3n) is 3.61. The van der Waals surface area contributed by atoms with Crippen molar-refractivity contribution in [2.45, 2.75) is 24.3 Å². The zero-order chi connectivity index (χ0) is 14.9. The van der Waals surface area contributed by atoms with Crippen LogP contribution in [-0.4, -0.2) is 77.6 Å². The lowest BCUT2D eigenvalue weighted by Crippen LogP contribution is -2.56. The molecule has 0 saturated carbocycles. The van der Waals surface area contributed by atoms with Crippen LogP contribution < -0.4 is 0 Å². The van der Waals surface area contributed by atoms with Crippen molar-refractivity contribution in [1.82, 2.24) is 9.80 Å². The molecular weight excluding hydrogens is 304 g/mol. The van der Waals surface area contributed by atoms with E-state index in [2.05, 4.69) is 0 Å². The smallest absolute Gasteiger partial charge is 0.326 e. The van der Waals surface area contributed by atoms with Gasteiger partial charge in [-0.25, -0.2) is 18.0 Å². The minimum atomic E-state index is -3.38. The molecule has 0 bridgehead atoms. The Kier molecular flexibility index (Phi) is 4.48. The number of hydrogen-bond acceptors (Lipinski definition) is 5. The van der Waals surface area contributed by atoms with Gasteiger partial charge in [-0.15, -0.1) is 0 Å². The van der Waals surface area contributed by atoms with Gasteiger partial charge in [0.25, 0.3) is 0 Å². The van der Waals surface area contributed by atoms with Crippen molar-refractivity contribution in [3.8, 4) is 0 Å². The number of hydrogen-bond donors (Lipinski definition) is 1. The molecule has 2 aliphatic heterocycles. The van der Waals surface area contributed by atoms with Crippen LogP contribution in [0.2, 0.25) is 0 Å². The van der Waals surface area contributed by atoms with E-state index in [0.717, 1.165) is 6.26 Å². The Morgan fingerprint density at radius 2 is 1.95 bits per heavy atom. The number of rotatable bonds is 2. The standard InChI is InChI=1S/C11H18N2O5S2/c1-20(17,18)9-7-19-6-5-13(9)11(16)12-4-2-3-8(12)10(14)15/h8-9H,2-7H2,1H3,(H,14,15). The predicted octanol–water partition coefficient (Wildman–Crippen LogP) is 0.0749. The van der Waals surface area contributed by atoms with Gasteiger partial charge in [0, 0.05) is 30.9 Å². The van der Waals surface area contributed by atoms with Crippen LogP contribution in [0.5, 0.6) is 0 Å².